The van der Waals surface area contributed by atoms with Gasteiger partial charge < -0.3 is 31.4 Å². The summed E-state index contributed by atoms with van der Waals surface area (Å²) >= 11 is 0. The molecule has 9 nitrogen and oxygen atoms in total. The molecule has 2 amide bonds. The van der Waals surface area contributed by atoms with Gasteiger partial charge in [0.1, 0.15) is 12.3 Å². The zero-order valence-corrected chi connectivity index (χ0v) is 15.0. The largest absolute Gasteiger partial charge is 0.481 e. The van der Waals surface area contributed by atoms with Crippen molar-refractivity contribution in [2.24, 2.45) is 5.73 Å². The number of carbonyl (C=O) groups excluding carboxylic acids is 3. The lowest BCUT2D eigenvalue weighted by Crippen LogP contribution is -2.57. The number of hydrogen-bond acceptors (Lipinski definition) is 6. The average molecular weight is 379 g/mol. The molecular formula is C18H25N3O6. The van der Waals surface area contributed by atoms with Gasteiger partial charge in [-0.3, -0.25) is 14.4 Å². The summed E-state index contributed by atoms with van der Waals surface area (Å²) in [6.45, 7) is 1.31. The van der Waals surface area contributed by atoms with Gasteiger partial charge in [-0.15, -0.1) is 0 Å². The topological polar surface area (TPSA) is 159 Å². The molecule has 4 atom stereocenters. The van der Waals surface area contributed by atoms with Gasteiger partial charge in [-0.05, 0) is 25.3 Å². The zero-order chi connectivity index (χ0) is 20.4. The standard InChI is InChI=1S/C18H25N3O6/c1-11(23)16(18(27)20-13(10-22)7-8-15(24)25)21-17(26)14(19)9-12-5-3-2-4-6-12/h2-6,10-11,13-14,16,23H,7-9,19H2,1H3,(H,20,27)(H,21,26)(H,24,25)/t11-,13+,14+,16+/m1/s1. The summed E-state index contributed by atoms with van der Waals surface area (Å²) in [5.41, 5.74) is 6.70. The minimum absolute atomic E-state index is 0.0986. The molecule has 0 spiro atoms. The van der Waals surface area contributed by atoms with E-state index < -0.39 is 42.0 Å². The maximum atomic E-state index is 12.3. The van der Waals surface area contributed by atoms with Crippen LogP contribution in [0.4, 0.5) is 0 Å². The van der Waals surface area contributed by atoms with Crippen LogP contribution in [0.2, 0.25) is 0 Å². The van der Waals surface area contributed by atoms with E-state index in [-0.39, 0.29) is 19.3 Å². The first-order valence-corrected chi connectivity index (χ1v) is 8.50. The highest BCUT2D eigenvalue weighted by molar-refractivity contribution is 5.91. The number of nitrogens with one attached hydrogen (secondary N) is 2. The second-order valence-electron chi connectivity index (χ2n) is 6.21. The van der Waals surface area contributed by atoms with Crippen LogP contribution in [-0.4, -0.2) is 58.5 Å². The molecule has 0 bridgehead atoms. The SMILES string of the molecule is C[C@@H](O)[C@H](NC(=O)[C@@H](N)Cc1ccccc1)C(=O)N[C@H](C=O)CCC(=O)O. The highest BCUT2D eigenvalue weighted by Gasteiger charge is 2.29. The molecule has 0 saturated carbocycles. The molecule has 0 aliphatic heterocycles. The Kier molecular flexibility index (Phi) is 9.11. The van der Waals surface area contributed by atoms with Gasteiger partial charge in [0.05, 0.1) is 18.2 Å². The summed E-state index contributed by atoms with van der Waals surface area (Å²) < 4.78 is 0. The lowest BCUT2D eigenvalue weighted by atomic mass is 10.0. The van der Waals surface area contributed by atoms with E-state index >= 15 is 0 Å². The maximum absolute atomic E-state index is 12.3. The van der Waals surface area contributed by atoms with Crippen LogP contribution in [0.25, 0.3) is 0 Å². The lowest BCUT2D eigenvalue weighted by Gasteiger charge is -2.24. The summed E-state index contributed by atoms with van der Waals surface area (Å²) in [7, 11) is 0. The number of rotatable bonds is 11. The first kappa shape index (κ1) is 22.3. The molecule has 0 aliphatic carbocycles. The number of aliphatic hydroxyl groups excluding tert-OH is 1. The van der Waals surface area contributed by atoms with E-state index in [0.29, 0.717) is 6.29 Å². The molecule has 0 aromatic heterocycles. The average Bonchev–Trinajstić information content (AvgIpc) is 2.62. The van der Waals surface area contributed by atoms with E-state index in [1.54, 1.807) is 0 Å². The monoisotopic (exact) mass is 379 g/mol. The Labute approximate surface area is 156 Å². The molecule has 0 unspecified atom stereocenters. The maximum Gasteiger partial charge on any atom is 0.303 e. The van der Waals surface area contributed by atoms with Crippen molar-refractivity contribution in [1.29, 1.82) is 0 Å². The molecular weight excluding hydrogens is 354 g/mol. The number of hydrogen-bond donors (Lipinski definition) is 5. The molecule has 1 aromatic carbocycles. The van der Waals surface area contributed by atoms with Gasteiger partial charge in [0.15, 0.2) is 0 Å². The number of benzene rings is 1. The summed E-state index contributed by atoms with van der Waals surface area (Å²) in [5, 5.41) is 23.1. The summed E-state index contributed by atoms with van der Waals surface area (Å²) in [4.78, 5) is 46.1. The molecule has 0 saturated heterocycles. The normalized spacial score (nSPS) is 15.1. The van der Waals surface area contributed by atoms with Gasteiger partial charge in [-0.2, -0.15) is 0 Å². The number of aliphatic hydroxyl groups is 1. The van der Waals surface area contributed by atoms with Crippen LogP contribution in [0.3, 0.4) is 0 Å². The van der Waals surface area contributed by atoms with Crippen LogP contribution in [0.15, 0.2) is 30.3 Å². The molecule has 0 aliphatic rings. The van der Waals surface area contributed by atoms with Crippen molar-refractivity contribution in [3.05, 3.63) is 35.9 Å². The van der Waals surface area contributed by atoms with Crippen LogP contribution in [-0.2, 0) is 25.6 Å². The predicted molar refractivity (Wildman–Crippen MR) is 96.6 cm³/mol. The molecule has 1 aromatic rings. The highest BCUT2D eigenvalue weighted by Crippen LogP contribution is 2.04. The molecule has 27 heavy (non-hydrogen) atoms. The second kappa shape index (κ2) is 11.0. The number of carbonyl (C=O) groups is 4. The lowest BCUT2D eigenvalue weighted by molar-refractivity contribution is -0.137. The van der Waals surface area contributed by atoms with Crippen LogP contribution in [0.1, 0.15) is 25.3 Å². The minimum Gasteiger partial charge on any atom is -0.481 e. The van der Waals surface area contributed by atoms with Crippen molar-refractivity contribution in [3.8, 4) is 0 Å². The molecule has 0 fully saturated rings. The molecule has 0 radical (unpaired) electrons. The smallest absolute Gasteiger partial charge is 0.303 e. The van der Waals surface area contributed by atoms with Crippen LogP contribution >= 0.6 is 0 Å². The van der Waals surface area contributed by atoms with Gasteiger partial charge in [0.2, 0.25) is 11.8 Å². The third-order valence-electron chi connectivity index (χ3n) is 3.86. The first-order valence-electron chi connectivity index (χ1n) is 8.50. The van der Waals surface area contributed by atoms with E-state index in [9.17, 15) is 24.3 Å². The number of carboxylic acid groups (broad SMARTS) is 1. The third-order valence-corrected chi connectivity index (χ3v) is 3.86. The molecule has 6 N–H and O–H groups in total. The fourth-order valence-corrected chi connectivity index (χ4v) is 2.35. The van der Waals surface area contributed by atoms with E-state index in [1.165, 1.54) is 6.92 Å². The minimum atomic E-state index is -1.33. The number of aldehydes is 1. The van der Waals surface area contributed by atoms with Crippen LogP contribution in [0.5, 0.6) is 0 Å². The van der Waals surface area contributed by atoms with Crippen molar-refractivity contribution in [3.63, 3.8) is 0 Å². The summed E-state index contributed by atoms with van der Waals surface area (Å²) in [5.74, 6) is -2.54. The Bertz CT molecular complexity index is 650. The van der Waals surface area contributed by atoms with Gasteiger partial charge >= 0.3 is 5.97 Å². The Morgan fingerprint density at radius 1 is 1.15 bits per heavy atom. The van der Waals surface area contributed by atoms with E-state index in [1.807, 2.05) is 30.3 Å². The van der Waals surface area contributed by atoms with E-state index in [2.05, 4.69) is 10.6 Å². The quantitative estimate of drug-likeness (QED) is 0.307. The first-order chi connectivity index (χ1) is 12.7. The van der Waals surface area contributed by atoms with Crippen molar-refractivity contribution < 1.29 is 29.4 Å². The van der Waals surface area contributed by atoms with Crippen LogP contribution < -0.4 is 16.4 Å². The predicted octanol–water partition coefficient (Wildman–Crippen LogP) is -1.03. The van der Waals surface area contributed by atoms with Gasteiger partial charge in [-0.25, -0.2) is 0 Å². The van der Waals surface area contributed by atoms with E-state index in [4.69, 9.17) is 10.8 Å². The molecule has 9 heteroatoms. The van der Waals surface area contributed by atoms with Crippen molar-refractivity contribution in [2.45, 2.75) is 50.4 Å². The number of amides is 2. The Morgan fingerprint density at radius 3 is 2.30 bits per heavy atom. The molecule has 1 rings (SSSR count). The number of nitrogens with two attached hydrogens (primary N) is 1. The Morgan fingerprint density at radius 2 is 1.78 bits per heavy atom. The Balaban J connectivity index is 2.67. The highest BCUT2D eigenvalue weighted by atomic mass is 16.4. The van der Waals surface area contributed by atoms with Crippen molar-refractivity contribution in [2.75, 3.05) is 0 Å². The van der Waals surface area contributed by atoms with Gasteiger partial charge in [0.25, 0.3) is 0 Å². The van der Waals surface area contributed by atoms with Crippen LogP contribution in [0, 0.1) is 0 Å². The fraction of sp³-hybridized carbons (Fsp3) is 0.444. The van der Waals surface area contributed by atoms with Gasteiger partial charge in [0, 0.05) is 6.42 Å². The number of carboxylic acids is 1. The molecule has 0 heterocycles. The molecule has 148 valence electrons. The number of aliphatic carboxylic acids is 1. The summed E-state index contributed by atoms with van der Waals surface area (Å²) in [6, 6.07) is 5.76. The Hall–Kier alpha value is -2.78. The van der Waals surface area contributed by atoms with Gasteiger partial charge in [-0.1, -0.05) is 30.3 Å². The third kappa shape index (κ3) is 7.97. The van der Waals surface area contributed by atoms with E-state index in [0.717, 1.165) is 5.56 Å². The fourth-order valence-electron chi connectivity index (χ4n) is 2.35. The summed E-state index contributed by atoms with van der Waals surface area (Å²) in [6.07, 6.45) is -1.00. The zero-order valence-electron chi connectivity index (χ0n) is 15.0. The second-order valence-corrected chi connectivity index (χ2v) is 6.21. The van der Waals surface area contributed by atoms with Crippen molar-refractivity contribution >= 4 is 24.1 Å². The van der Waals surface area contributed by atoms with Crippen molar-refractivity contribution in [1.82, 2.24) is 10.6 Å².